The van der Waals surface area contributed by atoms with Gasteiger partial charge in [0.1, 0.15) is 10.6 Å². The number of phenolic OH excluding ortho intramolecular Hbond substituents is 1. The van der Waals surface area contributed by atoms with Gasteiger partial charge in [0.05, 0.1) is 12.1 Å². The molecule has 1 amide bonds. The first-order valence-corrected chi connectivity index (χ1v) is 7.58. The minimum Gasteiger partial charge on any atom is -0.508 e. The van der Waals surface area contributed by atoms with E-state index in [9.17, 15) is 18.3 Å². The van der Waals surface area contributed by atoms with Crippen LogP contribution in [0, 0.1) is 0 Å². The van der Waals surface area contributed by atoms with E-state index in [1.54, 1.807) is 12.1 Å². The molecule has 7 heteroatoms. The first kappa shape index (κ1) is 13.4. The highest BCUT2D eigenvalue weighted by molar-refractivity contribution is 7.90. The molecule has 21 heavy (non-hydrogen) atoms. The van der Waals surface area contributed by atoms with E-state index >= 15 is 0 Å². The molecule has 6 nitrogen and oxygen atoms in total. The molecule has 0 bridgehead atoms. The number of carbonyl (C=O) groups is 1. The summed E-state index contributed by atoms with van der Waals surface area (Å²) in [5.74, 6) is -0.497. The average Bonchev–Trinajstić information content (AvgIpc) is 2.62. The van der Waals surface area contributed by atoms with Crippen molar-refractivity contribution in [2.45, 2.75) is 11.4 Å². The van der Waals surface area contributed by atoms with Crippen molar-refractivity contribution in [1.29, 1.82) is 0 Å². The van der Waals surface area contributed by atoms with Gasteiger partial charge in [0.25, 0.3) is 15.9 Å². The maximum Gasteiger partial charge on any atom is 0.269 e. The van der Waals surface area contributed by atoms with Crippen molar-refractivity contribution >= 4 is 21.6 Å². The number of benzene rings is 2. The Morgan fingerprint density at radius 2 is 1.76 bits per heavy atom. The van der Waals surface area contributed by atoms with Crippen molar-refractivity contribution in [3.63, 3.8) is 0 Å². The maximum atomic E-state index is 12.4. The molecule has 0 saturated heterocycles. The number of carbonyl (C=O) groups excluding carboxylic acids is 1. The Balaban J connectivity index is 2.02. The average molecular weight is 304 g/mol. The lowest BCUT2D eigenvalue weighted by atomic mass is 10.2. The standard InChI is InChI=1S/C14H12N2O4S/c15-10-3-6-12-13(7-10)21(19,20)16(14(12)18)8-9-1-4-11(17)5-2-9/h1-7,17H,8,15H2. The second kappa shape index (κ2) is 4.49. The normalized spacial score (nSPS) is 16.0. The Morgan fingerprint density at radius 1 is 1.10 bits per heavy atom. The Kier molecular flexibility index (Phi) is 2.87. The van der Waals surface area contributed by atoms with Gasteiger partial charge in [0, 0.05) is 5.69 Å². The third kappa shape index (κ3) is 2.11. The summed E-state index contributed by atoms with van der Waals surface area (Å²) in [6.45, 7) is -0.0873. The number of hydrogen-bond donors (Lipinski definition) is 2. The second-order valence-electron chi connectivity index (χ2n) is 4.74. The number of nitrogen functional groups attached to an aromatic ring is 1. The van der Waals surface area contributed by atoms with Gasteiger partial charge in [-0.25, -0.2) is 12.7 Å². The van der Waals surface area contributed by atoms with E-state index in [0.29, 0.717) is 5.56 Å². The van der Waals surface area contributed by atoms with Gasteiger partial charge in [-0.15, -0.1) is 0 Å². The van der Waals surface area contributed by atoms with Crippen LogP contribution >= 0.6 is 0 Å². The van der Waals surface area contributed by atoms with E-state index in [1.807, 2.05) is 0 Å². The number of nitrogens with zero attached hydrogens (tertiary/aromatic N) is 1. The summed E-state index contributed by atoms with van der Waals surface area (Å²) < 4.78 is 25.6. The molecule has 0 atom stereocenters. The summed E-state index contributed by atoms with van der Waals surface area (Å²) in [6.07, 6.45) is 0. The van der Waals surface area contributed by atoms with Crippen LogP contribution in [0.1, 0.15) is 15.9 Å². The minimum atomic E-state index is -3.89. The summed E-state index contributed by atoms with van der Waals surface area (Å²) >= 11 is 0. The van der Waals surface area contributed by atoms with E-state index in [4.69, 9.17) is 5.73 Å². The fraction of sp³-hybridized carbons (Fsp3) is 0.0714. The number of fused-ring (bicyclic) bond motifs is 1. The molecule has 3 rings (SSSR count). The van der Waals surface area contributed by atoms with E-state index in [1.165, 1.54) is 30.3 Å². The molecule has 0 aliphatic carbocycles. The number of phenols is 1. The number of amides is 1. The van der Waals surface area contributed by atoms with Crippen molar-refractivity contribution in [1.82, 2.24) is 4.31 Å². The second-order valence-corrected chi connectivity index (χ2v) is 6.57. The first-order chi connectivity index (χ1) is 9.89. The third-order valence-corrected chi connectivity index (χ3v) is 5.06. The predicted molar refractivity (Wildman–Crippen MR) is 76.0 cm³/mol. The summed E-state index contributed by atoms with van der Waals surface area (Å²) in [5, 5.41) is 9.23. The van der Waals surface area contributed by atoms with Gasteiger partial charge in [-0.3, -0.25) is 4.79 Å². The fourth-order valence-electron chi connectivity index (χ4n) is 2.22. The summed E-state index contributed by atoms with van der Waals surface area (Å²) in [5.41, 5.74) is 6.61. The highest BCUT2D eigenvalue weighted by Crippen LogP contribution is 2.32. The van der Waals surface area contributed by atoms with Crippen molar-refractivity contribution in [2.24, 2.45) is 0 Å². The number of nitrogens with two attached hydrogens (primary N) is 1. The lowest BCUT2D eigenvalue weighted by Crippen LogP contribution is -2.29. The van der Waals surface area contributed by atoms with Crippen LogP contribution in [0.15, 0.2) is 47.4 Å². The monoisotopic (exact) mass is 304 g/mol. The van der Waals surface area contributed by atoms with Crippen LogP contribution in [0.3, 0.4) is 0 Å². The smallest absolute Gasteiger partial charge is 0.269 e. The SMILES string of the molecule is Nc1ccc2c(c1)S(=O)(=O)N(Cc1ccc(O)cc1)C2=O. The molecule has 108 valence electrons. The van der Waals surface area contributed by atoms with Gasteiger partial charge in [0.15, 0.2) is 0 Å². The molecule has 1 heterocycles. The molecule has 3 N–H and O–H groups in total. The third-order valence-electron chi connectivity index (χ3n) is 3.29. The van der Waals surface area contributed by atoms with Crippen LogP contribution in [0.2, 0.25) is 0 Å². The molecule has 1 aliphatic heterocycles. The lowest BCUT2D eigenvalue weighted by Gasteiger charge is -2.15. The van der Waals surface area contributed by atoms with Gasteiger partial charge >= 0.3 is 0 Å². The Labute approximate surface area is 121 Å². The zero-order chi connectivity index (χ0) is 15.2. The molecule has 0 spiro atoms. The van der Waals surface area contributed by atoms with Gasteiger partial charge in [0.2, 0.25) is 0 Å². The maximum absolute atomic E-state index is 12.4. The summed E-state index contributed by atoms with van der Waals surface area (Å²) in [7, 11) is -3.89. The molecule has 0 saturated carbocycles. The lowest BCUT2D eigenvalue weighted by molar-refractivity contribution is 0.0865. The molecule has 2 aromatic rings. The number of hydrogen-bond acceptors (Lipinski definition) is 5. The topological polar surface area (TPSA) is 101 Å². The Bertz CT molecular complexity index is 829. The number of rotatable bonds is 2. The summed E-state index contributed by atoms with van der Waals surface area (Å²) in [4.78, 5) is 12.2. The molecule has 1 aliphatic rings. The fourth-order valence-corrected chi connectivity index (χ4v) is 3.81. The molecule has 0 fully saturated rings. The van der Waals surface area contributed by atoms with E-state index < -0.39 is 15.9 Å². The Morgan fingerprint density at radius 3 is 2.43 bits per heavy atom. The van der Waals surface area contributed by atoms with E-state index in [0.717, 1.165) is 4.31 Å². The highest BCUT2D eigenvalue weighted by Gasteiger charge is 2.41. The van der Waals surface area contributed by atoms with Crippen LogP contribution in [0.4, 0.5) is 5.69 Å². The van der Waals surface area contributed by atoms with Crippen molar-refractivity contribution < 1.29 is 18.3 Å². The molecule has 0 radical (unpaired) electrons. The van der Waals surface area contributed by atoms with Crippen LogP contribution < -0.4 is 5.73 Å². The quantitative estimate of drug-likeness (QED) is 0.815. The largest absolute Gasteiger partial charge is 0.508 e. The van der Waals surface area contributed by atoms with Crippen LogP contribution in [-0.4, -0.2) is 23.7 Å². The molecular formula is C14H12N2O4S. The number of anilines is 1. The van der Waals surface area contributed by atoms with Crippen LogP contribution in [0.5, 0.6) is 5.75 Å². The first-order valence-electron chi connectivity index (χ1n) is 6.14. The van der Waals surface area contributed by atoms with Gasteiger partial charge < -0.3 is 10.8 Å². The molecule has 0 aromatic heterocycles. The highest BCUT2D eigenvalue weighted by atomic mass is 32.2. The summed E-state index contributed by atoms with van der Waals surface area (Å²) in [6, 6.07) is 10.2. The van der Waals surface area contributed by atoms with E-state index in [2.05, 4.69) is 0 Å². The van der Waals surface area contributed by atoms with Crippen molar-refractivity contribution in [3.05, 3.63) is 53.6 Å². The zero-order valence-electron chi connectivity index (χ0n) is 10.9. The van der Waals surface area contributed by atoms with Gasteiger partial charge in [-0.05, 0) is 35.9 Å². The van der Waals surface area contributed by atoms with Gasteiger partial charge in [-0.1, -0.05) is 12.1 Å². The van der Waals surface area contributed by atoms with Crippen LogP contribution in [0.25, 0.3) is 0 Å². The molecule has 0 unspecified atom stereocenters. The van der Waals surface area contributed by atoms with Crippen molar-refractivity contribution in [2.75, 3.05) is 5.73 Å². The Hall–Kier alpha value is -2.54. The molecule has 2 aromatic carbocycles. The van der Waals surface area contributed by atoms with Crippen molar-refractivity contribution in [3.8, 4) is 5.75 Å². The van der Waals surface area contributed by atoms with Crippen LogP contribution in [-0.2, 0) is 16.6 Å². The van der Waals surface area contributed by atoms with E-state index in [-0.39, 0.29) is 28.4 Å². The zero-order valence-corrected chi connectivity index (χ0v) is 11.7. The molecular weight excluding hydrogens is 292 g/mol. The number of aromatic hydroxyl groups is 1. The minimum absolute atomic E-state index is 0.0636. The predicted octanol–water partition coefficient (Wildman–Crippen LogP) is 1.32. The number of sulfonamides is 1. The van der Waals surface area contributed by atoms with Gasteiger partial charge in [-0.2, -0.15) is 0 Å².